The highest BCUT2D eigenvalue weighted by Gasteiger charge is 2.16. The fourth-order valence-electron chi connectivity index (χ4n) is 1.19. The summed E-state index contributed by atoms with van der Waals surface area (Å²) in [6, 6.07) is 0. The van der Waals surface area contributed by atoms with Gasteiger partial charge < -0.3 is 11.1 Å². The van der Waals surface area contributed by atoms with E-state index in [4.69, 9.17) is 5.73 Å². The van der Waals surface area contributed by atoms with Crippen molar-refractivity contribution in [3.05, 3.63) is 0 Å². The minimum atomic E-state index is 0.723. The molecule has 0 spiro atoms. The molecule has 0 radical (unpaired) electrons. The van der Waals surface area contributed by atoms with Crippen molar-refractivity contribution >= 4 is 0 Å². The summed E-state index contributed by atoms with van der Waals surface area (Å²) in [5.41, 5.74) is 5.50. The number of rotatable bonds is 4. The predicted molar refractivity (Wildman–Crippen MR) is 43.8 cm³/mol. The summed E-state index contributed by atoms with van der Waals surface area (Å²) in [5, 5.41) is 3.27. The van der Waals surface area contributed by atoms with Gasteiger partial charge in [-0.25, -0.2) is 0 Å². The second-order valence-electron chi connectivity index (χ2n) is 3.44. The van der Waals surface area contributed by atoms with Gasteiger partial charge in [-0.1, -0.05) is 6.92 Å². The van der Waals surface area contributed by atoms with E-state index < -0.39 is 0 Å². The van der Waals surface area contributed by atoms with Gasteiger partial charge in [-0.15, -0.1) is 0 Å². The largest absolute Gasteiger partial charge is 0.330 e. The van der Waals surface area contributed by atoms with Gasteiger partial charge in [0.1, 0.15) is 0 Å². The van der Waals surface area contributed by atoms with Crippen molar-refractivity contribution in [1.82, 2.24) is 5.32 Å². The van der Waals surface area contributed by atoms with Crippen molar-refractivity contribution in [3.8, 4) is 0 Å². The van der Waals surface area contributed by atoms with E-state index in [-0.39, 0.29) is 0 Å². The Bertz CT molecular complexity index is 84.5. The quantitative estimate of drug-likeness (QED) is 0.602. The van der Waals surface area contributed by atoms with Crippen LogP contribution in [0, 0.1) is 11.8 Å². The first-order valence-corrected chi connectivity index (χ1v) is 4.23. The van der Waals surface area contributed by atoms with Gasteiger partial charge in [0.15, 0.2) is 0 Å². The molecule has 0 saturated carbocycles. The summed E-state index contributed by atoms with van der Waals surface area (Å²) in [5.74, 6) is 1.68. The van der Waals surface area contributed by atoms with Crippen LogP contribution in [0.1, 0.15) is 19.8 Å². The lowest BCUT2D eigenvalue weighted by molar-refractivity contribution is 0.302. The van der Waals surface area contributed by atoms with Gasteiger partial charge in [0.2, 0.25) is 0 Å². The third-order valence-electron chi connectivity index (χ3n) is 2.34. The Morgan fingerprint density at radius 1 is 1.60 bits per heavy atom. The van der Waals surface area contributed by atoms with E-state index >= 15 is 0 Å². The van der Waals surface area contributed by atoms with E-state index in [1.165, 1.54) is 25.9 Å². The highest BCUT2D eigenvalue weighted by atomic mass is 14.9. The van der Waals surface area contributed by atoms with Crippen LogP contribution >= 0.6 is 0 Å². The number of hydrogen-bond acceptors (Lipinski definition) is 2. The van der Waals surface area contributed by atoms with Gasteiger partial charge in [0.05, 0.1) is 0 Å². The lowest BCUT2D eigenvalue weighted by atomic mass is 9.93. The van der Waals surface area contributed by atoms with Crippen LogP contribution in [-0.2, 0) is 0 Å². The molecule has 3 N–H and O–H groups in total. The zero-order valence-corrected chi connectivity index (χ0v) is 6.77. The molecule has 1 aliphatic rings. The summed E-state index contributed by atoms with van der Waals surface area (Å²) >= 11 is 0. The van der Waals surface area contributed by atoms with Crippen LogP contribution in [0.2, 0.25) is 0 Å². The number of nitrogens with two attached hydrogens (primary N) is 1. The minimum absolute atomic E-state index is 0.723. The Morgan fingerprint density at radius 2 is 2.30 bits per heavy atom. The Morgan fingerprint density at radius 3 is 2.70 bits per heavy atom. The van der Waals surface area contributed by atoms with Gasteiger partial charge in [-0.2, -0.15) is 0 Å². The summed E-state index contributed by atoms with van der Waals surface area (Å²) in [7, 11) is 0. The first kappa shape index (κ1) is 8.02. The first-order chi connectivity index (χ1) is 4.83. The fourth-order valence-corrected chi connectivity index (χ4v) is 1.19. The van der Waals surface area contributed by atoms with Crippen LogP contribution < -0.4 is 11.1 Å². The highest BCUT2D eigenvalue weighted by Crippen LogP contribution is 2.14. The third-order valence-corrected chi connectivity index (χ3v) is 2.34. The van der Waals surface area contributed by atoms with Crippen molar-refractivity contribution in [1.29, 1.82) is 0 Å². The third kappa shape index (κ3) is 2.27. The monoisotopic (exact) mass is 142 g/mol. The summed E-state index contributed by atoms with van der Waals surface area (Å²) in [4.78, 5) is 0. The molecular weight excluding hydrogens is 124 g/mol. The van der Waals surface area contributed by atoms with Gasteiger partial charge in [-0.05, 0) is 44.3 Å². The van der Waals surface area contributed by atoms with Gasteiger partial charge in [0, 0.05) is 0 Å². The maximum atomic E-state index is 5.50. The zero-order chi connectivity index (χ0) is 7.40. The molecule has 0 bridgehead atoms. The van der Waals surface area contributed by atoms with Crippen molar-refractivity contribution < 1.29 is 0 Å². The maximum absolute atomic E-state index is 5.50. The smallest absolute Gasteiger partial charge is 0.000825 e. The molecule has 2 nitrogen and oxygen atoms in total. The topological polar surface area (TPSA) is 38.0 Å². The van der Waals surface area contributed by atoms with Crippen LogP contribution in [-0.4, -0.2) is 19.6 Å². The molecule has 0 aromatic carbocycles. The zero-order valence-electron chi connectivity index (χ0n) is 6.77. The molecule has 60 valence electrons. The minimum Gasteiger partial charge on any atom is -0.330 e. The number of hydrogen-bond donors (Lipinski definition) is 2. The van der Waals surface area contributed by atoms with Gasteiger partial charge in [0.25, 0.3) is 0 Å². The van der Waals surface area contributed by atoms with Crippen LogP contribution in [0.5, 0.6) is 0 Å². The molecule has 1 atom stereocenters. The Balaban J connectivity index is 1.93. The van der Waals surface area contributed by atoms with E-state index in [1.807, 2.05) is 0 Å². The average molecular weight is 142 g/mol. The van der Waals surface area contributed by atoms with E-state index in [9.17, 15) is 0 Å². The molecule has 0 aliphatic carbocycles. The predicted octanol–water partition coefficient (Wildman–Crippen LogP) is 0.581. The Kier molecular flexibility index (Phi) is 3.16. The molecule has 2 heteroatoms. The number of nitrogens with one attached hydrogen (secondary N) is 1. The SMILES string of the molecule is CC(CN)CCC1CNC1. The average Bonchev–Trinajstić information content (AvgIpc) is 1.84. The molecule has 1 unspecified atom stereocenters. The molecule has 0 amide bonds. The van der Waals surface area contributed by atoms with E-state index in [1.54, 1.807) is 0 Å². The molecule has 10 heavy (non-hydrogen) atoms. The molecule has 1 fully saturated rings. The fraction of sp³-hybridized carbons (Fsp3) is 1.00. The summed E-state index contributed by atoms with van der Waals surface area (Å²) in [6.45, 7) is 5.54. The second-order valence-corrected chi connectivity index (χ2v) is 3.44. The standard InChI is InChI=1S/C8H18N2/c1-7(4-9)2-3-8-5-10-6-8/h7-8,10H,2-6,9H2,1H3. The van der Waals surface area contributed by atoms with Gasteiger partial charge >= 0.3 is 0 Å². The van der Waals surface area contributed by atoms with E-state index in [0.29, 0.717) is 0 Å². The van der Waals surface area contributed by atoms with Crippen LogP contribution in [0.3, 0.4) is 0 Å². The second kappa shape index (κ2) is 3.94. The van der Waals surface area contributed by atoms with Crippen LogP contribution in [0.15, 0.2) is 0 Å². The summed E-state index contributed by atoms with van der Waals surface area (Å²) in [6.07, 6.45) is 2.67. The molecule has 1 heterocycles. The normalized spacial score (nSPS) is 22.2. The van der Waals surface area contributed by atoms with E-state index in [2.05, 4.69) is 12.2 Å². The molecule has 0 aromatic heterocycles. The van der Waals surface area contributed by atoms with Crippen LogP contribution in [0.4, 0.5) is 0 Å². The highest BCUT2D eigenvalue weighted by molar-refractivity contribution is 4.74. The van der Waals surface area contributed by atoms with Gasteiger partial charge in [-0.3, -0.25) is 0 Å². The Labute approximate surface area is 63.2 Å². The van der Waals surface area contributed by atoms with Crippen molar-refractivity contribution in [2.45, 2.75) is 19.8 Å². The molecule has 1 saturated heterocycles. The lowest BCUT2D eigenvalue weighted by Gasteiger charge is -2.27. The van der Waals surface area contributed by atoms with Crippen molar-refractivity contribution in [3.63, 3.8) is 0 Å². The Hall–Kier alpha value is -0.0800. The van der Waals surface area contributed by atoms with Crippen LogP contribution in [0.25, 0.3) is 0 Å². The van der Waals surface area contributed by atoms with Crippen molar-refractivity contribution in [2.24, 2.45) is 17.6 Å². The van der Waals surface area contributed by atoms with E-state index in [0.717, 1.165) is 18.4 Å². The molecule has 1 rings (SSSR count). The first-order valence-electron chi connectivity index (χ1n) is 4.23. The summed E-state index contributed by atoms with van der Waals surface area (Å²) < 4.78 is 0. The van der Waals surface area contributed by atoms with Crippen molar-refractivity contribution in [2.75, 3.05) is 19.6 Å². The molecule has 1 aliphatic heterocycles. The maximum Gasteiger partial charge on any atom is -0.000825 e. The lowest BCUT2D eigenvalue weighted by Crippen LogP contribution is -2.42. The molecular formula is C8H18N2. The molecule has 0 aromatic rings.